The molecule has 3 aromatic rings. The highest BCUT2D eigenvalue weighted by atomic mass is 32.1. The molecule has 4 rings (SSSR count). The summed E-state index contributed by atoms with van der Waals surface area (Å²) >= 11 is 1.30. The largest absolute Gasteiger partial charge is 0.486 e. The highest BCUT2D eigenvalue weighted by Gasteiger charge is 2.25. The van der Waals surface area contributed by atoms with Crippen molar-refractivity contribution in [3.8, 4) is 11.5 Å². The van der Waals surface area contributed by atoms with Crippen LogP contribution in [0.25, 0.3) is 10.1 Å². The highest BCUT2D eigenvalue weighted by Crippen LogP contribution is 2.31. The minimum atomic E-state index is -0.309. The second-order valence-corrected chi connectivity index (χ2v) is 7.03. The van der Waals surface area contributed by atoms with E-state index in [2.05, 4.69) is 0 Å². The first-order chi connectivity index (χ1) is 12.1. The molecule has 6 heteroatoms. The Kier molecular flexibility index (Phi) is 4.05. The average Bonchev–Trinajstić information content (AvgIpc) is 3.06. The lowest BCUT2D eigenvalue weighted by Crippen LogP contribution is -2.41. The lowest BCUT2D eigenvalue weighted by atomic mass is 10.2. The number of nitrogens with zero attached hydrogens (tertiary/aromatic N) is 1. The van der Waals surface area contributed by atoms with E-state index in [9.17, 15) is 9.18 Å². The van der Waals surface area contributed by atoms with Gasteiger partial charge in [-0.3, -0.25) is 4.79 Å². The van der Waals surface area contributed by atoms with Gasteiger partial charge in [0, 0.05) is 17.1 Å². The molecular weight excluding hydrogens is 341 g/mol. The molecule has 0 saturated carbocycles. The predicted octanol–water partition coefficient (Wildman–Crippen LogP) is 3.95. The maximum absolute atomic E-state index is 13.8. The molecule has 0 bridgehead atoms. The maximum Gasteiger partial charge on any atom is 0.263 e. The van der Waals surface area contributed by atoms with Gasteiger partial charge in [-0.25, -0.2) is 4.39 Å². The van der Waals surface area contributed by atoms with Crippen LogP contribution in [0.4, 0.5) is 4.39 Å². The minimum Gasteiger partial charge on any atom is -0.486 e. The van der Waals surface area contributed by atoms with Crippen LogP contribution in [0.1, 0.15) is 9.67 Å². The molecule has 1 aliphatic rings. The lowest BCUT2D eigenvalue weighted by Gasteiger charge is -2.29. The summed E-state index contributed by atoms with van der Waals surface area (Å²) < 4.78 is 26.2. The number of hydrogen-bond acceptors (Lipinski definition) is 4. The van der Waals surface area contributed by atoms with Gasteiger partial charge in [-0.1, -0.05) is 18.2 Å². The molecule has 1 aromatic heterocycles. The number of halogens is 1. The Labute approximate surface area is 148 Å². The first-order valence-electron chi connectivity index (χ1n) is 7.94. The summed E-state index contributed by atoms with van der Waals surface area (Å²) in [6.45, 7) is 0.777. The number of para-hydroxylation sites is 2. The van der Waals surface area contributed by atoms with Crippen LogP contribution in [-0.4, -0.2) is 37.1 Å². The average molecular weight is 357 g/mol. The van der Waals surface area contributed by atoms with E-state index in [0.29, 0.717) is 34.9 Å². The summed E-state index contributed by atoms with van der Waals surface area (Å²) in [5, 5.41) is 0.482. The Morgan fingerprint density at radius 1 is 1.24 bits per heavy atom. The molecule has 0 fully saturated rings. The van der Waals surface area contributed by atoms with Crippen LogP contribution in [0.5, 0.6) is 11.5 Å². The molecule has 1 amide bonds. The normalized spacial score (nSPS) is 16.0. The Bertz CT molecular complexity index is 939. The third-order valence-electron chi connectivity index (χ3n) is 4.11. The number of rotatable bonds is 3. The van der Waals surface area contributed by atoms with Crippen LogP contribution in [0.3, 0.4) is 0 Å². The third-order valence-corrected chi connectivity index (χ3v) is 5.20. The fourth-order valence-corrected chi connectivity index (χ4v) is 3.93. The second kappa shape index (κ2) is 6.37. The first kappa shape index (κ1) is 15.9. The standard InChI is InChI=1S/C19H16FNO3S/c1-21(10-12-11-23-15-6-2-3-7-16(15)24-12)19(22)18-9-13-14(20)5-4-8-17(13)25-18/h2-9,12H,10-11H2,1H3/t12-/m0/s1. The van der Waals surface area contributed by atoms with E-state index < -0.39 is 0 Å². The van der Waals surface area contributed by atoms with E-state index in [1.165, 1.54) is 17.4 Å². The number of thiophene rings is 1. The molecule has 4 nitrogen and oxygen atoms in total. The van der Waals surface area contributed by atoms with Gasteiger partial charge in [0.05, 0.1) is 11.4 Å². The molecule has 2 heterocycles. The molecular formula is C19H16FNO3S. The smallest absolute Gasteiger partial charge is 0.263 e. The Balaban J connectivity index is 1.48. The van der Waals surface area contributed by atoms with Crippen molar-refractivity contribution < 1.29 is 18.7 Å². The molecule has 128 valence electrons. The van der Waals surface area contributed by atoms with Crippen molar-refractivity contribution in [3.63, 3.8) is 0 Å². The number of carbonyl (C=O) groups is 1. The lowest BCUT2D eigenvalue weighted by molar-refractivity contribution is 0.0524. The van der Waals surface area contributed by atoms with Crippen LogP contribution >= 0.6 is 11.3 Å². The summed E-state index contributed by atoms with van der Waals surface area (Å²) in [6, 6.07) is 13.9. The van der Waals surface area contributed by atoms with Gasteiger partial charge in [-0.15, -0.1) is 11.3 Å². The van der Waals surface area contributed by atoms with Gasteiger partial charge in [0.25, 0.3) is 5.91 Å². The molecule has 0 spiro atoms. The monoisotopic (exact) mass is 357 g/mol. The van der Waals surface area contributed by atoms with E-state index in [1.807, 2.05) is 30.3 Å². The molecule has 0 aliphatic carbocycles. The van der Waals surface area contributed by atoms with Gasteiger partial charge in [-0.05, 0) is 30.3 Å². The van der Waals surface area contributed by atoms with E-state index in [1.54, 1.807) is 24.1 Å². The SMILES string of the molecule is CN(C[C@H]1COc2ccccc2O1)C(=O)c1cc2c(F)cccc2s1. The number of likely N-dealkylation sites (N-methyl/N-ethyl adjacent to an activating group) is 1. The maximum atomic E-state index is 13.8. The van der Waals surface area contributed by atoms with Crippen LogP contribution in [0.15, 0.2) is 48.5 Å². The van der Waals surface area contributed by atoms with Gasteiger partial charge in [-0.2, -0.15) is 0 Å². The van der Waals surface area contributed by atoms with E-state index in [-0.39, 0.29) is 17.8 Å². The topological polar surface area (TPSA) is 38.8 Å². The zero-order valence-corrected chi connectivity index (χ0v) is 14.4. The summed E-state index contributed by atoms with van der Waals surface area (Å²) in [7, 11) is 1.72. The molecule has 25 heavy (non-hydrogen) atoms. The van der Waals surface area contributed by atoms with Crippen molar-refractivity contribution in [2.24, 2.45) is 0 Å². The number of benzene rings is 2. The van der Waals surface area contributed by atoms with Crippen molar-refractivity contribution in [3.05, 3.63) is 59.2 Å². The van der Waals surface area contributed by atoms with Crippen molar-refractivity contribution in [2.45, 2.75) is 6.10 Å². The highest BCUT2D eigenvalue weighted by molar-refractivity contribution is 7.20. The molecule has 1 aliphatic heterocycles. The summed E-state index contributed by atoms with van der Waals surface area (Å²) in [5.41, 5.74) is 0. The number of carbonyl (C=O) groups excluding carboxylic acids is 1. The van der Waals surface area contributed by atoms with E-state index in [0.717, 1.165) is 4.70 Å². The van der Waals surface area contributed by atoms with Gasteiger partial charge >= 0.3 is 0 Å². The molecule has 1 atom stereocenters. The van der Waals surface area contributed by atoms with Crippen LogP contribution in [0, 0.1) is 5.82 Å². The van der Waals surface area contributed by atoms with Gasteiger partial charge in [0.2, 0.25) is 0 Å². The van der Waals surface area contributed by atoms with Crippen molar-refractivity contribution >= 4 is 27.3 Å². The Hall–Kier alpha value is -2.60. The number of ether oxygens (including phenoxy) is 2. The number of amides is 1. The summed E-state index contributed by atoms with van der Waals surface area (Å²) in [4.78, 5) is 14.8. The second-order valence-electron chi connectivity index (χ2n) is 5.95. The first-order valence-corrected chi connectivity index (χ1v) is 8.75. The number of hydrogen-bond donors (Lipinski definition) is 0. The zero-order chi connectivity index (χ0) is 17.4. The molecule has 0 saturated heterocycles. The number of fused-ring (bicyclic) bond motifs is 2. The molecule has 0 N–H and O–H groups in total. The predicted molar refractivity (Wildman–Crippen MR) is 95.1 cm³/mol. The quantitative estimate of drug-likeness (QED) is 0.712. The van der Waals surface area contributed by atoms with Crippen molar-refractivity contribution in [2.75, 3.05) is 20.2 Å². The minimum absolute atomic E-state index is 0.150. The van der Waals surface area contributed by atoms with E-state index in [4.69, 9.17) is 9.47 Å². The fourth-order valence-electron chi connectivity index (χ4n) is 2.86. The fraction of sp³-hybridized carbons (Fsp3) is 0.211. The molecule has 0 radical (unpaired) electrons. The van der Waals surface area contributed by atoms with Crippen LogP contribution < -0.4 is 9.47 Å². The molecule has 2 aromatic carbocycles. The Morgan fingerprint density at radius 3 is 2.84 bits per heavy atom. The van der Waals surface area contributed by atoms with Gasteiger partial charge in [0.15, 0.2) is 17.6 Å². The van der Waals surface area contributed by atoms with Crippen molar-refractivity contribution in [1.82, 2.24) is 4.90 Å². The van der Waals surface area contributed by atoms with Gasteiger partial charge in [0.1, 0.15) is 12.4 Å². The third kappa shape index (κ3) is 3.05. The zero-order valence-electron chi connectivity index (χ0n) is 13.6. The summed E-state index contributed by atoms with van der Waals surface area (Å²) in [5.74, 6) is 0.940. The van der Waals surface area contributed by atoms with Crippen LogP contribution in [-0.2, 0) is 0 Å². The molecule has 0 unspecified atom stereocenters. The summed E-state index contributed by atoms with van der Waals surface area (Å²) in [6.07, 6.45) is -0.241. The van der Waals surface area contributed by atoms with Crippen LogP contribution in [0.2, 0.25) is 0 Å². The van der Waals surface area contributed by atoms with Gasteiger partial charge < -0.3 is 14.4 Å². The Morgan fingerprint density at radius 2 is 2.04 bits per heavy atom. The van der Waals surface area contributed by atoms with E-state index >= 15 is 0 Å². The van der Waals surface area contributed by atoms with Crippen molar-refractivity contribution in [1.29, 1.82) is 0 Å².